The Labute approximate surface area is 294 Å². The third-order valence-corrected chi connectivity index (χ3v) is 10.4. The predicted octanol–water partition coefficient (Wildman–Crippen LogP) is 8.37. The van der Waals surface area contributed by atoms with Crippen molar-refractivity contribution in [3.63, 3.8) is 0 Å². The van der Waals surface area contributed by atoms with Gasteiger partial charge < -0.3 is 19.7 Å². The van der Waals surface area contributed by atoms with Crippen LogP contribution in [-0.2, 0) is 21.9 Å². The zero-order valence-electron chi connectivity index (χ0n) is 25.5. The average molecular weight is 721 g/mol. The standard InChI is InChI=1S/C35H27Cl2N3O6S2/c1-19-5-3-4-6-22(19)17-46-25-12-8-20(9-13-25)31(42)29-30(21-10-14-27(41)28(15-21)45-2)40(33(44)32(29)43)34-38-39-35(48-34)47-18-23-7-11-24(36)16-26(23)37/h3-16,30,41-42H,17-18H2,1-2H3. The maximum atomic E-state index is 13.7. The summed E-state index contributed by atoms with van der Waals surface area (Å²) >= 11 is 14.8. The Kier molecular flexibility index (Phi) is 9.93. The van der Waals surface area contributed by atoms with E-state index in [0.717, 1.165) is 28.0 Å². The molecule has 5 aromatic rings. The Balaban J connectivity index is 1.33. The van der Waals surface area contributed by atoms with Gasteiger partial charge in [0.1, 0.15) is 18.1 Å². The Hall–Kier alpha value is -4.55. The van der Waals surface area contributed by atoms with Gasteiger partial charge in [0.15, 0.2) is 15.8 Å². The number of ether oxygens (including phenoxy) is 2. The molecule has 48 heavy (non-hydrogen) atoms. The van der Waals surface area contributed by atoms with E-state index in [9.17, 15) is 19.8 Å². The number of methoxy groups -OCH3 is 1. The van der Waals surface area contributed by atoms with E-state index in [-0.39, 0.29) is 28.0 Å². The molecule has 2 heterocycles. The van der Waals surface area contributed by atoms with Gasteiger partial charge in [-0.3, -0.25) is 14.5 Å². The van der Waals surface area contributed by atoms with Crippen molar-refractivity contribution in [1.82, 2.24) is 10.2 Å². The van der Waals surface area contributed by atoms with Gasteiger partial charge in [-0.2, -0.15) is 0 Å². The van der Waals surface area contributed by atoms with E-state index in [4.69, 9.17) is 32.7 Å². The van der Waals surface area contributed by atoms with Crippen LogP contribution in [0.5, 0.6) is 17.2 Å². The molecule has 0 radical (unpaired) electrons. The molecule has 1 fully saturated rings. The number of aliphatic hydroxyl groups excluding tert-OH is 1. The SMILES string of the molecule is COc1cc(C2C(=C(O)c3ccc(OCc4ccccc4C)cc3)C(=O)C(=O)N2c2nnc(SCc3ccc(Cl)cc3Cl)s2)ccc1O. The summed E-state index contributed by atoms with van der Waals surface area (Å²) in [5.74, 6) is -1.14. The van der Waals surface area contributed by atoms with Crippen molar-refractivity contribution in [2.45, 2.75) is 29.7 Å². The smallest absolute Gasteiger partial charge is 0.301 e. The lowest BCUT2D eigenvalue weighted by atomic mass is 9.95. The van der Waals surface area contributed by atoms with Crippen LogP contribution >= 0.6 is 46.3 Å². The summed E-state index contributed by atoms with van der Waals surface area (Å²) < 4.78 is 11.8. The number of aryl methyl sites for hydroxylation is 1. The number of anilines is 1. The highest BCUT2D eigenvalue weighted by Gasteiger charge is 2.48. The van der Waals surface area contributed by atoms with Crippen molar-refractivity contribution in [3.05, 3.63) is 128 Å². The average Bonchev–Trinajstić information content (AvgIpc) is 3.65. The number of aromatic hydroxyl groups is 1. The zero-order valence-corrected chi connectivity index (χ0v) is 28.7. The van der Waals surface area contributed by atoms with Gasteiger partial charge in [-0.15, -0.1) is 10.2 Å². The number of carbonyl (C=O) groups excluding carboxylic acids is 2. The lowest BCUT2D eigenvalue weighted by molar-refractivity contribution is -0.132. The quantitative estimate of drug-likeness (QED) is 0.0482. The number of benzene rings is 4. The molecule has 1 amide bonds. The lowest BCUT2D eigenvalue weighted by Gasteiger charge is -2.23. The first-order valence-corrected chi connectivity index (χ1v) is 17.1. The molecule has 1 unspecified atom stereocenters. The Morgan fingerprint density at radius 3 is 2.48 bits per heavy atom. The molecule has 2 N–H and O–H groups in total. The highest BCUT2D eigenvalue weighted by Crippen LogP contribution is 2.45. The summed E-state index contributed by atoms with van der Waals surface area (Å²) in [4.78, 5) is 28.5. The van der Waals surface area contributed by atoms with Crippen LogP contribution in [-0.4, -0.2) is 39.2 Å². The number of phenols is 1. The van der Waals surface area contributed by atoms with E-state index in [1.165, 1.54) is 35.9 Å². The molecule has 0 spiro atoms. The molecule has 0 bridgehead atoms. The molecule has 1 aromatic heterocycles. The molecule has 0 saturated carbocycles. The Bertz CT molecular complexity index is 2050. The molecule has 244 valence electrons. The van der Waals surface area contributed by atoms with Crippen LogP contribution in [0.2, 0.25) is 10.0 Å². The van der Waals surface area contributed by atoms with Crippen molar-refractivity contribution in [3.8, 4) is 17.2 Å². The largest absolute Gasteiger partial charge is 0.507 e. The van der Waals surface area contributed by atoms with Gasteiger partial charge in [0.25, 0.3) is 5.78 Å². The van der Waals surface area contributed by atoms with E-state index < -0.39 is 17.7 Å². The van der Waals surface area contributed by atoms with E-state index in [0.29, 0.717) is 43.6 Å². The van der Waals surface area contributed by atoms with Crippen molar-refractivity contribution >= 4 is 68.9 Å². The molecule has 9 nitrogen and oxygen atoms in total. The molecule has 1 saturated heterocycles. The molecular weight excluding hydrogens is 693 g/mol. The van der Waals surface area contributed by atoms with Gasteiger partial charge in [0.2, 0.25) is 5.13 Å². The fraction of sp³-hybridized carbons (Fsp3) is 0.143. The van der Waals surface area contributed by atoms with Crippen molar-refractivity contribution < 1.29 is 29.3 Å². The number of aromatic nitrogens is 2. The van der Waals surface area contributed by atoms with Crippen LogP contribution in [0.4, 0.5) is 5.13 Å². The Morgan fingerprint density at radius 1 is 0.979 bits per heavy atom. The van der Waals surface area contributed by atoms with Crippen LogP contribution in [0.3, 0.4) is 0 Å². The first-order valence-electron chi connectivity index (χ1n) is 14.5. The first-order chi connectivity index (χ1) is 23.1. The Morgan fingerprint density at radius 2 is 1.75 bits per heavy atom. The van der Waals surface area contributed by atoms with Gasteiger partial charge >= 0.3 is 5.91 Å². The third-order valence-electron chi connectivity index (χ3n) is 7.72. The number of hydrogen-bond acceptors (Lipinski definition) is 10. The van der Waals surface area contributed by atoms with Crippen molar-refractivity contribution in [1.29, 1.82) is 0 Å². The first kappa shape index (κ1) is 33.4. The number of carbonyl (C=O) groups is 2. The number of halogens is 2. The van der Waals surface area contributed by atoms with Crippen LogP contribution in [0.25, 0.3) is 5.76 Å². The molecule has 1 atom stereocenters. The fourth-order valence-corrected chi connectivity index (χ4v) is 7.57. The van der Waals surface area contributed by atoms with Crippen LogP contribution in [0.1, 0.15) is 33.9 Å². The zero-order chi connectivity index (χ0) is 33.9. The number of hydrogen-bond donors (Lipinski definition) is 2. The summed E-state index contributed by atoms with van der Waals surface area (Å²) in [6.45, 7) is 2.37. The number of nitrogens with zero attached hydrogens (tertiary/aromatic N) is 3. The lowest BCUT2D eigenvalue weighted by Crippen LogP contribution is -2.29. The molecule has 4 aromatic carbocycles. The van der Waals surface area contributed by atoms with Crippen LogP contribution in [0.15, 0.2) is 94.8 Å². The predicted molar refractivity (Wildman–Crippen MR) is 187 cm³/mol. The van der Waals surface area contributed by atoms with E-state index in [2.05, 4.69) is 10.2 Å². The minimum atomic E-state index is -1.10. The van der Waals surface area contributed by atoms with Gasteiger partial charge in [-0.25, -0.2) is 0 Å². The highest BCUT2D eigenvalue weighted by molar-refractivity contribution is 8.00. The third kappa shape index (κ3) is 6.86. The summed E-state index contributed by atoms with van der Waals surface area (Å²) in [5, 5.41) is 31.5. The van der Waals surface area contributed by atoms with Crippen LogP contribution in [0, 0.1) is 6.92 Å². The normalized spacial score (nSPS) is 15.6. The van der Waals surface area contributed by atoms with Crippen molar-refractivity contribution in [2.75, 3.05) is 12.0 Å². The number of aliphatic hydroxyl groups is 1. The molecule has 1 aliphatic rings. The second kappa shape index (κ2) is 14.3. The summed E-state index contributed by atoms with van der Waals surface area (Å²) in [6, 6.07) is 23.1. The molecule has 13 heteroatoms. The van der Waals surface area contributed by atoms with Gasteiger partial charge in [0, 0.05) is 21.4 Å². The highest BCUT2D eigenvalue weighted by atomic mass is 35.5. The summed E-state index contributed by atoms with van der Waals surface area (Å²) in [6.07, 6.45) is 0. The van der Waals surface area contributed by atoms with Crippen molar-refractivity contribution in [2.24, 2.45) is 0 Å². The molecule has 0 aliphatic carbocycles. The number of phenolic OH excluding ortho intramolecular Hbond substituents is 1. The van der Waals surface area contributed by atoms with E-state index in [1.54, 1.807) is 42.5 Å². The monoisotopic (exact) mass is 719 g/mol. The molecule has 6 rings (SSSR count). The number of thioether (sulfide) groups is 1. The second-order valence-corrected chi connectivity index (χ2v) is 13.7. The van der Waals surface area contributed by atoms with Gasteiger partial charge in [-0.1, -0.05) is 82.7 Å². The van der Waals surface area contributed by atoms with Crippen LogP contribution < -0.4 is 14.4 Å². The maximum absolute atomic E-state index is 13.7. The number of rotatable bonds is 10. The number of amides is 1. The second-order valence-electron chi connectivity index (χ2n) is 10.7. The summed E-state index contributed by atoms with van der Waals surface area (Å²) in [7, 11) is 1.39. The summed E-state index contributed by atoms with van der Waals surface area (Å²) in [5.41, 5.74) is 3.54. The van der Waals surface area contributed by atoms with E-state index in [1.807, 2.05) is 37.3 Å². The number of ketones is 1. The van der Waals surface area contributed by atoms with E-state index >= 15 is 0 Å². The van der Waals surface area contributed by atoms with Gasteiger partial charge in [0.05, 0.1) is 18.7 Å². The minimum absolute atomic E-state index is 0.126. The topological polar surface area (TPSA) is 122 Å². The minimum Gasteiger partial charge on any atom is -0.507 e. The molecular formula is C35H27Cl2N3O6S2. The van der Waals surface area contributed by atoms with Gasteiger partial charge in [-0.05, 0) is 77.7 Å². The fourth-order valence-electron chi connectivity index (χ4n) is 5.14. The maximum Gasteiger partial charge on any atom is 0.301 e. The number of Topliss-reactive ketones (excluding diaryl/α,β-unsaturated/α-hetero) is 1. The molecule has 1 aliphatic heterocycles.